The minimum Gasteiger partial charge on any atom is -0.493 e. The first-order chi connectivity index (χ1) is 15.8. The second-order valence-electron chi connectivity index (χ2n) is 10.8. The number of hydrogen-bond acceptors (Lipinski definition) is 6. The van der Waals surface area contributed by atoms with Crippen molar-refractivity contribution in [2.45, 2.75) is 71.2 Å². The summed E-state index contributed by atoms with van der Waals surface area (Å²) in [5.41, 5.74) is 3.48. The number of aliphatic hydroxyl groups excluding tert-OH is 1. The molecule has 2 aliphatic heterocycles. The van der Waals surface area contributed by atoms with E-state index in [0.717, 1.165) is 43.7 Å². The van der Waals surface area contributed by atoms with E-state index in [1.165, 1.54) is 16.7 Å². The summed E-state index contributed by atoms with van der Waals surface area (Å²) < 4.78 is 16.9. The van der Waals surface area contributed by atoms with Gasteiger partial charge in [0.05, 0.1) is 26.2 Å². The second kappa shape index (κ2) is 8.31. The van der Waals surface area contributed by atoms with E-state index in [4.69, 9.17) is 14.2 Å². The lowest BCUT2D eigenvalue weighted by atomic mass is 9.55. The first-order valence-corrected chi connectivity index (χ1v) is 12.3. The topological polar surface area (TPSA) is 68.2 Å². The largest absolute Gasteiger partial charge is 0.493 e. The predicted octanol–water partition coefficient (Wildman–Crippen LogP) is 3.74. The molecule has 0 radical (unpaired) electrons. The van der Waals surface area contributed by atoms with Crippen LogP contribution in [0.3, 0.4) is 0 Å². The molecule has 7 atom stereocenters. The van der Waals surface area contributed by atoms with E-state index in [1.807, 2.05) is 0 Å². The third-order valence-electron chi connectivity index (χ3n) is 9.22. The zero-order chi connectivity index (χ0) is 23.5. The van der Waals surface area contributed by atoms with Gasteiger partial charge >= 0.3 is 5.97 Å². The number of nitrogens with zero attached hydrogens (tertiary/aromatic N) is 1. The summed E-state index contributed by atoms with van der Waals surface area (Å²) >= 11 is 0. The van der Waals surface area contributed by atoms with E-state index < -0.39 is 6.10 Å². The number of benzene rings is 1. The van der Waals surface area contributed by atoms with Crippen molar-refractivity contribution in [2.75, 3.05) is 20.8 Å². The molecule has 0 unspecified atom stereocenters. The number of hydrogen-bond donors (Lipinski definition) is 1. The minimum absolute atomic E-state index is 0.148. The lowest BCUT2D eigenvalue weighted by Crippen LogP contribution is -2.55. The Morgan fingerprint density at radius 2 is 1.85 bits per heavy atom. The highest BCUT2D eigenvalue weighted by molar-refractivity contribution is 5.76. The molecule has 33 heavy (non-hydrogen) atoms. The lowest BCUT2D eigenvalue weighted by Gasteiger charge is -2.52. The highest BCUT2D eigenvalue weighted by Gasteiger charge is 2.60. The first kappa shape index (κ1) is 22.7. The van der Waals surface area contributed by atoms with Gasteiger partial charge in [-0.15, -0.1) is 0 Å². The fourth-order valence-corrected chi connectivity index (χ4v) is 6.89. The molecule has 5 rings (SSSR count). The third kappa shape index (κ3) is 3.48. The van der Waals surface area contributed by atoms with E-state index in [2.05, 4.69) is 43.9 Å². The van der Waals surface area contributed by atoms with E-state index in [0.29, 0.717) is 12.5 Å². The molecule has 4 aliphatic rings. The maximum absolute atomic E-state index is 13.1. The number of rotatable bonds is 4. The second-order valence-corrected chi connectivity index (χ2v) is 10.8. The molecule has 1 saturated heterocycles. The van der Waals surface area contributed by atoms with Crippen LogP contribution in [0.5, 0.6) is 11.5 Å². The van der Waals surface area contributed by atoms with Crippen molar-refractivity contribution >= 4 is 5.97 Å². The number of esters is 1. The number of methoxy groups -OCH3 is 2. The maximum Gasteiger partial charge on any atom is 0.311 e. The Kier molecular flexibility index (Phi) is 5.73. The Morgan fingerprint density at radius 3 is 2.55 bits per heavy atom. The van der Waals surface area contributed by atoms with Crippen LogP contribution in [0.25, 0.3) is 0 Å². The van der Waals surface area contributed by atoms with E-state index in [1.54, 1.807) is 14.2 Å². The van der Waals surface area contributed by atoms with Gasteiger partial charge in [-0.2, -0.15) is 0 Å². The molecule has 0 spiro atoms. The number of aliphatic hydroxyl groups is 1. The quantitative estimate of drug-likeness (QED) is 0.551. The van der Waals surface area contributed by atoms with Crippen molar-refractivity contribution in [3.63, 3.8) is 0 Å². The monoisotopic (exact) mass is 455 g/mol. The molecule has 0 aromatic heterocycles. The first-order valence-electron chi connectivity index (χ1n) is 12.3. The number of carbonyl (C=O) groups excluding carboxylic acids is 1. The van der Waals surface area contributed by atoms with Gasteiger partial charge in [0.1, 0.15) is 6.10 Å². The highest BCUT2D eigenvalue weighted by atomic mass is 16.6. The van der Waals surface area contributed by atoms with Crippen LogP contribution in [0.4, 0.5) is 0 Å². The molecule has 1 aromatic rings. The number of carbonyl (C=O) groups is 1. The average Bonchev–Trinajstić information content (AvgIpc) is 3.10. The Labute approximate surface area is 196 Å². The number of ether oxygens (including phenoxy) is 3. The van der Waals surface area contributed by atoms with Gasteiger partial charge in [-0.25, -0.2) is 0 Å². The Hall–Kier alpha value is -2.05. The molecule has 0 bridgehead atoms. The maximum atomic E-state index is 13.1. The molecule has 6 heteroatoms. The zero-order valence-corrected chi connectivity index (χ0v) is 20.5. The van der Waals surface area contributed by atoms with Gasteiger partial charge in [0.2, 0.25) is 0 Å². The Balaban J connectivity index is 1.40. The van der Waals surface area contributed by atoms with Crippen LogP contribution in [0.1, 0.15) is 51.2 Å². The summed E-state index contributed by atoms with van der Waals surface area (Å²) in [5, 5.41) is 11.6. The molecule has 2 aliphatic carbocycles. The van der Waals surface area contributed by atoms with Gasteiger partial charge in [-0.05, 0) is 55.4 Å². The summed E-state index contributed by atoms with van der Waals surface area (Å²) in [6.45, 7) is 8.00. The van der Waals surface area contributed by atoms with Crippen molar-refractivity contribution in [1.29, 1.82) is 0 Å². The van der Waals surface area contributed by atoms with Crippen molar-refractivity contribution in [3.8, 4) is 11.5 Å². The van der Waals surface area contributed by atoms with Crippen LogP contribution in [-0.4, -0.2) is 55.0 Å². The highest BCUT2D eigenvalue weighted by Crippen LogP contribution is 2.56. The molecule has 1 N–H and O–H groups in total. The fourth-order valence-electron chi connectivity index (χ4n) is 6.89. The van der Waals surface area contributed by atoms with Gasteiger partial charge in [0, 0.05) is 36.9 Å². The van der Waals surface area contributed by atoms with Crippen LogP contribution in [0, 0.1) is 23.2 Å². The Morgan fingerprint density at radius 1 is 1.15 bits per heavy atom. The van der Waals surface area contributed by atoms with Crippen LogP contribution in [0.2, 0.25) is 0 Å². The molecule has 2 fully saturated rings. The van der Waals surface area contributed by atoms with Gasteiger partial charge in [-0.3, -0.25) is 9.69 Å². The predicted molar refractivity (Wildman–Crippen MR) is 125 cm³/mol. The van der Waals surface area contributed by atoms with E-state index in [-0.39, 0.29) is 35.4 Å². The minimum atomic E-state index is -0.564. The summed E-state index contributed by atoms with van der Waals surface area (Å²) in [6, 6.07) is 4.41. The van der Waals surface area contributed by atoms with Crippen LogP contribution in [-0.2, 0) is 22.5 Å². The molecule has 1 aromatic carbocycles. The van der Waals surface area contributed by atoms with E-state index >= 15 is 0 Å². The standard InChI is InChI=1S/C27H37NO5/c1-15-7-6-8-19-12-23-24(25(29)27(15,19)3)20(26(30)33-23)14-28-13-18-11-22(32-5)21(31-4)10-17(18)9-16(28)2/h8,10-11,15-16,20,23-25,29H,6-7,9,12-14H2,1-5H3/t15-,16+,20-,23-,24-,25-,27-/m1/s1. The van der Waals surface area contributed by atoms with Crippen molar-refractivity contribution < 1.29 is 24.1 Å². The van der Waals surface area contributed by atoms with Crippen LogP contribution < -0.4 is 9.47 Å². The van der Waals surface area contributed by atoms with Crippen LogP contribution in [0.15, 0.2) is 23.8 Å². The van der Waals surface area contributed by atoms with E-state index in [9.17, 15) is 9.90 Å². The van der Waals surface area contributed by atoms with Crippen molar-refractivity contribution in [2.24, 2.45) is 23.2 Å². The summed E-state index contributed by atoms with van der Waals surface area (Å²) in [5.74, 6) is 1.27. The van der Waals surface area contributed by atoms with Gasteiger partial charge in [0.15, 0.2) is 11.5 Å². The molecule has 6 nitrogen and oxygen atoms in total. The fraction of sp³-hybridized carbons (Fsp3) is 0.667. The van der Waals surface area contributed by atoms with Crippen LogP contribution >= 0.6 is 0 Å². The summed E-state index contributed by atoms with van der Waals surface area (Å²) in [6.07, 6.45) is 5.29. The summed E-state index contributed by atoms with van der Waals surface area (Å²) in [7, 11) is 3.32. The number of fused-ring (bicyclic) bond motifs is 3. The molecule has 0 amide bonds. The molecule has 2 heterocycles. The smallest absolute Gasteiger partial charge is 0.311 e. The molecular formula is C27H37NO5. The Bertz CT molecular complexity index is 974. The van der Waals surface area contributed by atoms with Gasteiger partial charge < -0.3 is 19.3 Å². The SMILES string of the molecule is COc1cc2c(cc1OC)CN(C[C@H]1C(=O)O[C@@H]3CC4=CCC[C@@H](C)[C@@]4(C)[C@H](O)[C@@H]31)[C@@H](C)C2. The van der Waals surface area contributed by atoms with Crippen molar-refractivity contribution in [1.82, 2.24) is 4.90 Å². The van der Waals surface area contributed by atoms with Gasteiger partial charge in [0.25, 0.3) is 0 Å². The third-order valence-corrected chi connectivity index (χ3v) is 9.22. The molecule has 1 saturated carbocycles. The average molecular weight is 456 g/mol. The van der Waals surface area contributed by atoms with Crippen molar-refractivity contribution in [3.05, 3.63) is 34.9 Å². The molecular weight excluding hydrogens is 418 g/mol. The zero-order valence-electron chi connectivity index (χ0n) is 20.5. The number of allylic oxidation sites excluding steroid dienone is 1. The normalized spacial score (nSPS) is 38.0. The van der Waals surface area contributed by atoms with Gasteiger partial charge in [-0.1, -0.05) is 25.5 Å². The lowest BCUT2D eigenvalue weighted by molar-refractivity contribution is -0.145. The summed E-state index contributed by atoms with van der Waals surface area (Å²) in [4.78, 5) is 15.4. The molecule has 180 valence electrons.